The Labute approximate surface area is 59.0 Å². The Kier molecular flexibility index (Phi) is 3.55. The van der Waals surface area contributed by atoms with Crippen LogP contribution in [0.5, 0.6) is 0 Å². The van der Waals surface area contributed by atoms with Crippen LogP contribution in [0, 0.1) is 0 Å². The van der Waals surface area contributed by atoms with E-state index in [1.54, 1.807) is 0 Å². The van der Waals surface area contributed by atoms with Gasteiger partial charge in [-0.25, -0.2) is 0 Å². The topological polar surface area (TPSA) is 47.9 Å². The van der Waals surface area contributed by atoms with Gasteiger partial charge in [0.25, 0.3) is 0 Å². The molecule has 1 N–H and O–H groups in total. The summed E-state index contributed by atoms with van der Waals surface area (Å²) in [6, 6.07) is 0. The molecule has 1 saturated heterocycles. The summed E-state index contributed by atoms with van der Waals surface area (Å²) in [5, 5.41) is 8.31. The molecule has 0 aliphatic carbocycles. The van der Waals surface area contributed by atoms with Gasteiger partial charge in [0.2, 0.25) is 0 Å². The molecule has 1 fully saturated rings. The van der Waals surface area contributed by atoms with E-state index >= 15 is 0 Å². The molecule has 0 saturated carbocycles. The summed E-state index contributed by atoms with van der Waals surface area (Å²) in [4.78, 5) is 0. The van der Waals surface area contributed by atoms with Crippen LogP contribution in [0.3, 0.4) is 0 Å². The molecule has 4 nitrogen and oxygen atoms in total. The quantitative estimate of drug-likeness (QED) is 0.590. The average molecular weight is 196 g/mol. The summed E-state index contributed by atoms with van der Waals surface area (Å²) in [6.45, 7) is 1.66. The maximum atomic E-state index is 8.31. The number of hydrogen-bond donors (Lipinski definition) is 1. The fourth-order valence-corrected chi connectivity index (χ4v) is 2.34. The second-order valence-electron chi connectivity index (χ2n) is 1.45. The summed E-state index contributed by atoms with van der Waals surface area (Å²) in [5.74, 6) is 0. The van der Waals surface area contributed by atoms with E-state index in [1.165, 1.54) is 0 Å². The Bertz CT molecular complexity index is 73.0. The van der Waals surface area contributed by atoms with Crippen molar-refractivity contribution in [3.8, 4) is 0 Å². The van der Waals surface area contributed by atoms with Crippen LogP contribution in [0.15, 0.2) is 0 Å². The number of hydrogen-bond acceptors (Lipinski definition) is 4. The standard InChI is InChI=1S/C4H9AsO4/c6-1-2-7-5-8-3-4-9-5/h6H,1-4H2. The summed E-state index contributed by atoms with van der Waals surface area (Å²) in [5.41, 5.74) is 0. The van der Waals surface area contributed by atoms with Crippen LogP contribution in [-0.2, 0) is 11.2 Å². The fraction of sp³-hybridized carbons (Fsp3) is 1.00. The van der Waals surface area contributed by atoms with Crippen molar-refractivity contribution in [1.82, 2.24) is 0 Å². The van der Waals surface area contributed by atoms with E-state index in [4.69, 9.17) is 16.3 Å². The van der Waals surface area contributed by atoms with Gasteiger partial charge in [-0.3, -0.25) is 0 Å². The molecule has 5 heteroatoms. The van der Waals surface area contributed by atoms with Crippen molar-refractivity contribution in [3.63, 3.8) is 0 Å². The maximum absolute atomic E-state index is 8.31. The van der Waals surface area contributed by atoms with Gasteiger partial charge in [0.05, 0.1) is 0 Å². The molecule has 0 aromatic carbocycles. The van der Waals surface area contributed by atoms with Gasteiger partial charge in [-0.1, -0.05) is 0 Å². The Morgan fingerprint density at radius 1 is 1.44 bits per heavy atom. The van der Waals surface area contributed by atoms with Crippen LogP contribution in [-0.4, -0.2) is 47.2 Å². The molecule has 0 aromatic heterocycles. The summed E-state index contributed by atoms with van der Waals surface area (Å²) in [6.07, 6.45) is 0. The molecule has 1 aliphatic rings. The molecule has 9 heavy (non-hydrogen) atoms. The van der Waals surface area contributed by atoms with Gasteiger partial charge in [-0.15, -0.1) is 0 Å². The van der Waals surface area contributed by atoms with Crippen molar-refractivity contribution >= 4 is 15.7 Å². The van der Waals surface area contributed by atoms with Crippen LogP contribution >= 0.6 is 0 Å². The molecule has 54 valence electrons. The van der Waals surface area contributed by atoms with Gasteiger partial charge >= 0.3 is 58.4 Å². The first kappa shape index (κ1) is 7.50. The molecular formula is C4H9AsO4. The predicted molar refractivity (Wildman–Crippen MR) is 30.7 cm³/mol. The summed E-state index contributed by atoms with van der Waals surface area (Å²) < 4.78 is 15.1. The molecule has 1 heterocycles. The van der Waals surface area contributed by atoms with Crippen molar-refractivity contribution < 1.29 is 16.3 Å². The zero-order chi connectivity index (χ0) is 6.53. The second-order valence-corrected chi connectivity index (χ2v) is 4.01. The first-order chi connectivity index (χ1) is 4.43. The van der Waals surface area contributed by atoms with Gasteiger partial charge in [0.15, 0.2) is 0 Å². The van der Waals surface area contributed by atoms with Gasteiger partial charge in [0, 0.05) is 0 Å². The molecule has 0 radical (unpaired) electrons. The molecule has 1 aliphatic heterocycles. The van der Waals surface area contributed by atoms with Crippen molar-refractivity contribution in [2.75, 3.05) is 26.4 Å². The molecule has 0 bridgehead atoms. The Morgan fingerprint density at radius 3 is 2.67 bits per heavy atom. The third kappa shape index (κ3) is 2.65. The van der Waals surface area contributed by atoms with Crippen molar-refractivity contribution in [3.05, 3.63) is 0 Å². The normalized spacial score (nSPS) is 21.0. The third-order valence-electron chi connectivity index (χ3n) is 0.765. The van der Waals surface area contributed by atoms with Crippen LogP contribution in [0.1, 0.15) is 0 Å². The zero-order valence-electron chi connectivity index (χ0n) is 4.95. The van der Waals surface area contributed by atoms with E-state index in [0.717, 1.165) is 0 Å². The van der Waals surface area contributed by atoms with Crippen LogP contribution < -0.4 is 0 Å². The predicted octanol–water partition coefficient (Wildman–Crippen LogP) is -0.973. The minimum atomic E-state index is -1.82. The van der Waals surface area contributed by atoms with Crippen LogP contribution in [0.25, 0.3) is 0 Å². The third-order valence-corrected chi connectivity index (χ3v) is 3.24. The van der Waals surface area contributed by atoms with E-state index in [9.17, 15) is 0 Å². The Morgan fingerprint density at radius 2 is 2.11 bits per heavy atom. The number of rotatable bonds is 3. The van der Waals surface area contributed by atoms with E-state index in [2.05, 4.69) is 0 Å². The fourth-order valence-electron chi connectivity index (χ4n) is 0.451. The molecular weight excluding hydrogens is 187 g/mol. The average Bonchev–Trinajstić information content (AvgIpc) is 2.34. The number of aliphatic hydroxyl groups excluding tert-OH is 1. The zero-order valence-corrected chi connectivity index (χ0v) is 6.82. The van der Waals surface area contributed by atoms with E-state index in [0.29, 0.717) is 19.8 Å². The Balaban J connectivity index is 1.98. The Hall–Kier alpha value is 0.398. The summed E-state index contributed by atoms with van der Waals surface area (Å²) >= 11 is -1.82. The van der Waals surface area contributed by atoms with Gasteiger partial charge in [-0.2, -0.15) is 0 Å². The second kappa shape index (κ2) is 4.25. The SMILES string of the molecule is OCCO[As]1OCCO1. The van der Waals surface area contributed by atoms with Gasteiger partial charge in [0.1, 0.15) is 0 Å². The van der Waals surface area contributed by atoms with Crippen molar-refractivity contribution in [1.29, 1.82) is 0 Å². The molecule has 1 rings (SSSR count). The van der Waals surface area contributed by atoms with Crippen LogP contribution in [0.2, 0.25) is 0 Å². The van der Waals surface area contributed by atoms with E-state index < -0.39 is 15.7 Å². The molecule has 0 atom stereocenters. The van der Waals surface area contributed by atoms with E-state index in [-0.39, 0.29) is 6.61 Å². The monoisotopic (exact) mass is 196 g/mol. The number of aliphatic hydroxyl groups is 1. The molecule has 0 spiro atoms. The van der Waals surface area contributed by atoms with Crippen LogP contribution in [0.4, 0.5) is 0 Å². The van der Waals surface area contributed by atoms with Gasteiger partial charge < -0.3 is 0 Å². The molecule has 0 aromatic rings. The first-order valence-electron chi connectivity index (χ1n) is 2.73. The molecule has 0 amide bonds. The van der Waals surface area contributed by atoms with E-state index in [1.807, 2.05) is 0 Å². The van der Waals surface area contributed by atoms with Crippen molar-refractivity contribution in [2.45, 2.75) is 0 Å². The minimum absolute atomic E-state index is 0.0397. The first-order valence-corrected chi connectivity index (χ1v) is 5.03. The molecule has 0 unspecified atom stereocenters. The van der Waals surface area contributed by atoms with Gasteiger partial charge in [-0.05, 0) is 0 Å². The summed E-state index contributed by atoms with van der Waals surface area (Å²) in [7, 11) is 0. The van der Waals surface area contributed by atoms with Crippen molar-refractivity contribution in [2.24, 2.45) is 0 Å².